The van der Waals surface area contributed by atoms with Gasteiger partial charge >= 0.3 is 31.3 Å². The number of hydrogen-bond donors (Lipinski definition) is 0. The smallest absolute Gasteiger partial charge is 0.366 e. The minimum Gasteiger partial charge on any atom is -0.366 e. The zero-order valence-corrected chi connectivity index (χ0v) is 17.0. The summed E-state index contributed by atoms with van der Waals surface area (Å²) in [5, 5.41) is 0. The van der Waals surface area contributed by atoms with E-state index in [1.807, 2.05) is 22.6 Å². The van der Waals surface area contributed by atoms with E-state index >= 15 is 0 Å². The lowest BCUT2D eigenvalue weighted by atomic mass is 10.3. The van der Waals surface area contributed by atoms with Gasteiger partial charge in [-0.1, -0.05) is 0 Å². The number of halogens is 7. The van der Waals surface area contributed by atoms with Crippen LogP contribution >= 0.6 is 22.6 Å². The second-order valence-electron chi connectivity index (χ2n) is 5.45. The van der Waals surface area contributed by atoms with Gasteiger partial charge in [0.05, 0.1) is 0 Å². The number of anilines is 1. The molecule has 1 aromatic carbocycles. The fraction of sp³-hybridized carbons (Fsp3) is 0.500. The first kappa shape index (κ1) is 23.4. The number of alkyl halides is 6. The maximum atomic E-state index is 12.5. The van der Waals surface area contributed by atoms with Crippen molar-refractivity contribution in [1.82, 2.24) is 0 Å². The second-order valence-corrected chi connectivity index (χ2v) is 9.82. The van der Waals surface area contributed by atoms with E-state index in [9.17, 15) is 43.2 Å². The molecule has 0 aliphatic carbocycles. The second kappa shape index (κ2) is 7.77. The van der Waals surface area contributed by atoms with E-state index in [1.165, 1.54) is 12.1 Å². The first-order chi connectivity index (χ1) is 12.5. The predicted molar refractivity (Wildman–Crippen MR) is 91.1 cm³/mol. The lowest BCUT2D eigenvalue weighted by Crippen LogP contribution is -2.40. The molecule has 7 nitrogen and oxygen atoms in total. The van der Waals surface area contributed by atoms with Crippen LogP contribution in [-0.2, 0) is 28.6 Å². The summed E-state index contributed by atoms with van der Waals surface area (Å²) in [5.41, 5.74) is -11.4. The molecule has 2 rings (SSSR count). The number of hydrogen-bond acceptors (Lipinski definition) is 7. The molecule has 1 fully saturated rings. The minimum absolute atomic E-state index is 0.286. The monoisotopic (exact) mass is 569 g/mol. The number of nitrogens with zero attached hydrogens (tertiary/aromatic N) is 1. The molecule has 1 heterocycles. The number of benzene rings is 1. The van der Waals surface area contributed by atoms with Gasteiger partial charge in [-0.3, -0.25) is 8.37 Å². The van der Waals surface area contributed by atoms with E-state index in [-0.39, 0.29) is 5.69 Å². The molecule has 2 atom stereocenters. The third kappa shape index (κ3) is 5.19. The number of rotatable bonds is 5. The minimum atomic E-state index is -6.20. The molecule has 1 aliphatic rings. The maximum Gasteiger partial charge on any atom is 0.523 e. The van der Waals surface area contributed by atoms with Crippen LogP contribution in [0.15, 0.2) is 24.3 Å². The van der Waals surface area contributed by atoms with Crippen molar-refractivity contribution in [2.45, 2.75) is 23.2 Å². The third-order valence-corrected chi connectivity index (χ3v) is 6.33. The molecule has 0 aromatic heterocycles. The van der Waals surface area contributed by atoms with E-state index in [0.717, 1.165) is 8.47 Å². The molecule has 0 unspecified atom stereocenters. The van der Waals surface area contributed by atoms with Crippen LogP contribution in [0.25, 0.3) is 0 Å². The zero-order chi connectivity index (χ0) is 21.5. The summed E-state index contributed by atoms with van der Waals surface area (Å²) in [6.07, 6.45) is -4.30. The van der Waals surface area contributed by atoms with Crippen LogP contribution in [0, 0.1) is 3.57 Å². The van der Waals surface area contributed by atoms with Gasteiger partial charge in [0.1, 0.15) is 12.2 Å². The van der Waals surface area contributed by atoms with Crippen molar-refractivity contribution in [3.8, 4) is 0 Å². The fourth-order valence-corrected chi connectivity index (χ4v) is 3.82. The first-order valence-corrected chi connectivity index (χ1v) is 10.9. The summed E-state index contributed by atoms with van der Waals surface area (Å²) >= 11 is 1.94. The zero-order valence-electron chi connectivity index (χ0n) is 13.2. The van der Waals surface area contributed by atoms with Crippen molar-refractivity contribution in [3.63, 3.8) is 0 Å². The fourth-order valence-electron chi connectivity index (χ4n) is 2.23. The van der Waals surface area contributed by atoms with Crippen LogP contribution < -0.4 is 4.90 Å². The molecule has 160 valence electrons. The lowest BCUT2D eigenvalue weighted by Gasteiger charge is -2.19. The predicted octanol–water partition coefficient (Wildman–Crippen LogP) is 2.58. The molecule has 0 saturated carbocycles. The molecule has 1 aromatic rings. The standard InChI is InChI=1S/C12H10F6INO6S2/c13-11(14,15)27(21,22)25-9-5-20(8-3-1-7(19)2-4-8)6-10(9)26-28(23,24)12(16,17)18/h1-4,9-10H,5-6H2/t9-,10-/m0/s1. The van der Waals surface area contributed by atoms with Crippen molar-refractivity contribution in [3.05, 3.63) is 27.8 Å². The Morgan fingerprint density at radius 1 is 0.821 bits per heavy atom. The highest BCUT2D eigenvalue weighted by atomic mass is 127. The van der Waals surface area contributed by atoms with Crippen LogP contribution in [0.4, 0.5) is 32.0 Å². The highest BCUT2D eigenvalue weighted by molar-refractivity contribution is 14.1. The molecule has 0 amide bonds. The van der Waals surface area contributed by atoms with Gasteiger partial charge < -0.3 is 4.90 Å². The van der Waals surface area contributed by atoms with Gasteiger partial charge in [0, 0.05) is 22.3 Å². The highest BCUT2D eigenvalue weighted by Gasteiger charge is 2.54. The Labute approximate surface area is 169 Å². The van der Waals surface area contributed by atoms with E-state index < -0.39 is 56.6 Å². The van der Waals surface area contributed by atoms with Crippen molar-refractivity contribution in [2.75, 3.05) is 18.0 Å². The molecule has 28 heavy (non-hydrogen) atoms. The third-order valence-electron chi connectivity index (χ3n) is 3.47. The van der Waals surface area contributed by atoms with E-state index in [4.69, 9.17) is 0 Å². The molecule has 1 aliphatic heterocycles. The molecule has 0 N–H and O–H groups in total. The van der Waals surface area contributed by atoms with Gasteiger partial charge in [-0.2, -0.15) is 43.2 Å². The van der Waals surface area contributed by atoms with Gasteiger partial charge in [0.25, 0.3) is 0 Å². The normalized spacial score (nSPS) is 21.9. The van der Waals surface area contributed by atoms with Crippen LogP contribution in [-0.4, -0.2) is 53.1 Å². The van der Waals surface area contributed by atoms with Gasteiger partial charge in [-0.05, 0) is 46.9 Å². The quantitative estimate of drug-likeness (QED) is 0.233. The molecule has 0 spiro atoms. The summed E-state index contributed by atoms with van der Waals surface area (Å²) in [7, 11) is -12.4. The summed E-state index contributed by atoms with van der Waals surface area (Å²) in [6, 6.07) is 6.05. The van der Waals surface area contributed by atoms with Crippen molar-refractivity contribution < 1.29 is 51.5 Å². The Kier molecular flexibility index (Phi) is 6.50. The SMILES string of the molecule is O=S(=O)(O[C@H]1CN(c2ccc(I)cc2)C[C@@H]1OS(=O)(=O)C(F)(F)F)C(F)(F)F. The summed E-state index contributed by atoms with van der Waals surface area (Å²) in [4.78, 5) is 1.14. The first-order valence-electron chi connectivity index (χ1n) is 7.03. The average molecular weight is 569 g/mol. The van der Waals surface area contributed by atoms with Crippen LogP contribution in [0.3, 0.4) is 0 Å². The molecule has 1 saturated heterocycles. The van der Waals surface area contributed by atoms with Crippen molar-refractivity contribution >= 4 is 48.5 Å². The van der Waals surface area contributed by atoms with Gasteiger partial charge in [0.2, 0.25) is 0 Å². The van der Waals surface area contributed by atoms with Gasteiger partial charge in [-0.15, -0.1) is 0 Å². The van der Waals surface area contributed by atoms with Crippen LogP contribution in [0.5, 0.6) is 0 Å². The average Bonchev–Trinajstić information content (AvgIpc) is 2.87. The van der Waals surface area contributed by atoms with E-state index in [0.29, 0.717) is 0 Å². The van der Waals surface area contributed by atoms with E-state index in [2.05, 4.69) is 8.37 Å². The van der Waals surface area contributed by atoms with Crippen molar-refractivity contribution in [1.29, 1.82) is 0 Å². The molecule has 0 bridgehead atoms. The molecule has 0 radical (unpaired) electrons. The highest BCUT2D eigenvalue weighted by Crippen LogP contribution is 2.33. The van der Waals surface area contributed by atoms with Gasteiger partial charge in [-0.25, -0.2) is 0 Å². The summed E-state index contributed by atoms with van der Waals surface area (Å²) in [5.74, 6) is 0. The van der Waals surface area contributed by atoms with Crippen molar-refractivity contribution in [2.24, 2.45) is 0 Å². The lowest BCUT2D eigenvalue weighted by molar-refractivity contribution is -0.0665. The maximum absolute atomic E-state index is 12.5. The van der Waals surface area contributed by atoms with Crippen LogP contribution in [0.1, 0.15) is 0 Å². The Bertz CT molecular complexity index is 861. The Morgan fingerprint density at radius 3 is 1.50 bits per heavy atom. The summed E-state index contributed by atoms with van der Waals surface area (Å²) < 4.78 is 129. The molecular weight excluding hydrogens is 559 g/mol. The molecule has 16 heteroatoms. The Morgan fingerprint density at radius 2 is 1.18 bits per heavy atom. The molecular formula is C12H10F6INO6S2. The van der Waals surface area contributed by atoms with E-state index in [1.54, 1.807) is 12.1 Å². The topological polar surface area (TPSA) is 90.0 Å². The Balaban J connectivity index is 2.33. The largest absolute Gasteiger partial charge is 0.523 e. The van der Waals surface area contributed by atoms with Gasteiger partial charge in [0.15, 0.2) is 0 Å². The van der Waals surface area contributed by atoms with Crippen LogP contribution in [0.2, 0.25) is 0 Å². The summed E-state index contributed by atoms with van der Waals surface area (Å²) in [6.45, 7) is -1.32. The Hall–Kier alpha value is -0.850.